The molecule has 2 heterocycles. The minimum atomic E-state index is -0.0949. The molecule has 1 unspecified atom stereocenters. The quantitative estimate of drug-likeness (QED) is 0.329. The van der Waals surface area contributed by atoms with Crippen LogP contribution < -0.4 is 22.2 Å². The van der Waals surface area contributed by atoms with Gasteiger partial charge in [-0.05, 0) is 12.2 Å². The first-order valence-electron chi connectivity index (χ1n) is 3.08. The van der Waals surface area contributed by atoms with Crippen LogP contribution in [0.2, 0.25) is 0 Å². The molecule has 2 aliphatic rings. The number of hydrazine groups is 3. The van der Waals surface area contributed by atoms with Gasteiger partial charge in [-0.25, -0.2) is 0 Å². The molecule has 5 nitrogen and oxygen atoms in total. The molecule has 0 aromatic rings. The number of nitrogens with two attached hydrogens (primary N) is 1. The first-order chi connectivity index (χ1) is 4.88. The van der Waals surface area contributed by atoms with Crippen molar-refractivity contribution in [3.63, 3.8) is 0 Å². The van der Waals surface area contributed by atoms with Crippen molar-refractivity contribution in [3.8, 4) is 0 Å². The molecule has 54 valence electrons. The van der Waals surface area contributed by atoms with E-state index in [9.17, 15) is 0 Å². The lowest BCUT2D eigenvalue weighted by Gasteiger charge is -2.23. The van der Waals surface area contributed by atoms with Crippen molar-refractivity contribution in [3.05, 3.63) is 24.0 Å². The van der Waals surface area contributed by atoms with Gasteiger partial charge in [-0.15, -0.1) is 5.53 Å². The second-order valence-electron chi connectivity index (χ2n) is 2.16. The van der Waals surface area contributed by atoms with Crippen LogP contribution in [0.5, 0.6) is 0 Å². The van der Waals surface area contributed by atoms with E-state index >= 15 is 0 Å². The lowest BCUT2D eigenvalue weighted by Crippen LogP contribution is -2.47. The van der Waals surface area contributed by atoms with Gasteiger partial charge in [-0.3, -0.25) is 10.4 Å². The van der Waals surface area contributed by atoms with Crippen LogP contribution in [-0.4, -0.2) is 11.2 Å². The van der Waals surface area contributed by atoms with Crippen LogP contribution in [-0.2, 0) is 0 Å². The minimum absolute atomic E-state index is 0.0949. The van der Waals surface area contributed by atoms with Gasteiger partial charge in [0.2, 0.25) is 0 Å². The Labute approximate surface area is 58.5 Å². The third-order valence-electron chi connectivity index (χ3n) is 1.49. The molecule has 0 bridgehead atoms. The first kappa shape index (κ1) is 5.72. The molecule has 0 saturated carbocycles. The Kier molecular flexibility index (Phi) is 1.13. The molecular formula is C5H9N5. The monoisotopic (exact) mass is 139 g/mol. The summed E-state index contributed by atoms with van der Waals surface area (Å²) in [5, 5.41) is 1.79. The van der Waals surface area contributed by atoms with Gasteiger partial charge >= 0.3 is 0 Å². The van der Waals surface area contributed by atoms with E-state index in [1.807, 2.05) is 18.2 Å². The summed E-state index contributed by atoms with van der Waals surface area (Å²) in [7, 11) is 0. The van der Waals surface area contributed by atoms with Crippen molar-refractivity contribution in [2.45, 2.75) is 6.17 Å². The largest absolute Gasteiger partial charge is 0.307 e. The molecule has 0 aromatic carbocycles. The highest BCUT2D eigenvalue weighted by Crippen LogP contribution is 2.08. The summed E-state index contributed by atoms with van der Waals surface area (Å²) >= 11 is 0. The third-order valence-corrected chi connectivity index (χ3v) is 1.49. The average Bonchev–Trinajstić information content (AvgIpc) is 2.36. The molecule has 1 saturated heterocycles. The molecule has 0 spiro atoms. The topological polar surface area (TPSA) is 65.3 Å². The van der Waals surface area contributed by atoms with Crippen molar-refractivity contribution in [2.75, 3.05) is 0 Å². The Morgan fingerprint density at radius 3 is 3.30 bits per heavy atom. The van der Waals surface area contributed by atoms with E-state index in [4.69, 9.17) is 5.73 Å². The zero-order chi connectivity index (χ0) is 6.97. The van der Waals surface area contributed by atoms with Crippen molar-refractivity contribution < 1.29 is 0 Å². The summed E-state index contributed by atoms with van der Waals surface area (Å²) in [6, 6.07) is 0. The maximum absolute atomic E-state index is 5.68. The zero-order valence-electron chi connectivity index (χ0n) is 5.33. The molecule has 5 heteroatoms. The molecule has 10 heavy (non-hydrogen) atoms. The number of hydrogen-bond donors (Lipinski definition) is 4. The Morgan fingerprint density at radius 1 is 1.60 bits per heavy atom. The minimum Gasteiger partial charge on any atom is -0.307 e. The predicted molar refractivity (Wildman–Crippen MR) is 36.4 cm³/mol. The molecule has 0 amide bonds. The van der Waals surface area contributed by atoms with Gasteiger partial charge in [0.1, 0.15) is 12.0 Å². The maximum atomic E-state index is 5.68. The number of nitrogens with zero attached hydrogens (tertiary/aromatic N) is 1. The fraction of sp³-hybridized carbons (Fsp3) is 0.200. The number of rotatable bonds is 0. The van der Waals surface area contributed by atoms with Gasteiger partial charge < -0.3 is 5.73 Å². The lowest BCUT2D eigenvalue weighted by molar-refractivity contribution is 0.225. The van der Waals surface area contributed by atoms with Gasteiger partial charge in [-0.2, -0.15) is 5.53 Å². The third kappa shape index (κ3) is 0.688. The van der Waals surface area contributed by atoms with Crippen LogP contribution >= 0.6 is 0 Å². The normalized spacial score (nSPS) is 29.5. The molecule has 0 aromatic heterocycles. The van der Waals surface area contributed by atoms with Crippen LogP contribution in [0.25, 0.3) is 0 Å². The van der Waals surface area contributed by atoms with Crippen LogP contribution in [0.1, 0.15) is 0 Å². The second kappa shape index (κ2) is 1.98. The number of allylic oxidation sites excluding steroid dienone is 2. The van der Waals surface area contributed by atoms with Crippen molar-refractivity contribution in [1.82, 2.24) is 21.5 Å². The van der Waals surface area contributed by atoms with Gasteiger partial charge in [0, 0.05) is 0 Å². The van der Waals surface area contributed by atoms with Crippen molar-refractivity contribution in [2.24, 2.45) is 5.73 Å². The smallest absolute Gasteiger partial charge is 0.134 e. The average molecular weight is 139 g/mol. The summed E-state index contributed by atoms with van der Waals surface area (Å²) < 4.78 is 0. The summed E-state index contributed by atoms with van der Waals surface area (Å²) in [5.74, 6) is 0.940. The lowest BCUT2D eigenvalue weighted by atomic mass is 10.3. The van der Waals surface area contributed by atoms with Crippen molar-refractivity contribution in [1.29, 1.82) is 0 Å². The number of fused-ring (bicyclic) bond motifs is 1. The van der Waals surface area contributed by atoms with Crippen LogP contribution in [0.4, 0.5) is 0 Å². The van der Waals surface area contributed by atoms with Crippen LogP contribution in [0.15, 0.2) is 24.0 Å². The fourth-order valence-corrected chi connectivity index (χ4v) is 0.976. The Balaban J connectivity index is 2.25. The highest BCUT2D eigenvalue weighted by Gasteiger charge is 2.21. The molecule has 1 fully saturated rings. The van der Waals surface area contributed by atoms with E-state index in [1.54, 1.807) is 5.01 Å². The van der Waals surface area contributed by atoms with Gasteiger partial charge in [0.05, 0.1) is 0 Å². The van der Waals surface area contributed by atoms with Gasteiger partial charge in [-0.1, -0.05) is 6.08 Å². The summed E-state index contributed by atoms with van der Waals surface area (Å²) in [5.41, 5.74) is 14.1. The first-order valence-corrected chi connectivity index (χ1v) is 3.08. The Morgan fingerprint density at radius 2 is 2.50 bits per heavy atom. The van der Waals surface area contributed by atoms with E-state index in [0.29, 0.717) is 0 Å². The van der Waals surface area contributed by atoms with E-state index in [1.165, 1.54) is 0 Å². The zero-order valence-corrected chi connectivity index (χ0v) is 5.33. The number of nitrogens with one attached hydrogen (secondary N) is 3. The number of hydrogen-bond acceptors (Lipinski definition) is 5. The molecule has 0 radical (unpaired) electrons. The summed E-state index contributed by atoms with van der Waals surface area (Å²) in [6.45, 7) is 0. The summed E-state index contributed by atoms with van der Waals surface area (Å²) in [6.07, 6.45) is 5.64. The Hall–Kier alpha value is -1.04. The predicted octanol–water partition coefficient (Wildman–Crippen LogP) is -1.49. The molecule has 5 N–H and O–H groups in total. The van der Waals surface area contributed by atoms with Crippen LogP contribution in [0.3, 0.4) is 0 Å². The van der Waals surface area contributed by atoms with E-state index in [2.05, 4.69) is 16.5 Å². The SMILES string of the molecule is NC1C=CC=C2NNNN21. The molecule has 0 aliphatic carbocycles. The summed E-state index contributed by atoms with van der Waals surface area (Å²) in [4.78, 5) is 0. The van der Waals surface area contributed by atoms with E-state index in [0.717, 1.165) is 5.82 Å². The second-order valence-corrected chi connectivity index (χ2v) is 2.16. The molecule has 2 rings (SSSR count). The maximum Gasteiger partial charge on any atom is 0.134 e. The molecular weight excluding hydrogens is 130 g/mol. The van der Waals surface area contributed by atoms with Crippen LogP contribution in [0, 0.1) is 0 Å². The van der Waals surface area contributed by atoms with Gasteiger partial charge in [0.25, 0.3) is 0 Å². The van der Waals surface area contributed by atoms with E-state index in [-0.39, 0.29) is 6.17 Å². The molecule has 1 atom stereocenters. The standard InChI is InChI=1S/C5H9N5/c6-4-2-1-3-5-7-8-9-10(4)5/h1-4,7-9H,6H2. The highest BCUT2D eigenvalue weighted by molar-refractivity contribution is 5.18. The fourth-order valence-electron chi connectivity index (χ4n) is 0.976. The van der Waals surface area contributed by atoms with Crippen molar-refractivity contribution >= 4 is 0 Å². The van der Waals surface area contributed by atoms with E-state index < -0.39 is 0 Å². The highest BCUT2D eigenvalue weighted by atomic mass is 15.9. The Bertz CT molecular complexity index is 196. The van der Waals surface area contributed by atoms with Gasteiger partial charge in [0.15, 0.2) is 0 Å². The molecule has 2 aliphatic heterocycles.